The number of anilines is 2. The Kier molecular flexibility index (Phi) is 7.49. The van der Waals surface area contributed by atoms with Crippen molar-refractivity contribution in [2.45, 2.75) is 6.92 Å². The number of nitrogens with two attached hydrogens (primary N) is 1. The number of carbonyl (C=O) groups excluding carboxylic acids is 1. The molecule has 0 spiro atoms. The lowest BCUT2D eigenvalue weighted by atomic mass is 10.3. The van der Waals surface area contributed by atoms with Crippen LogP contribution in [0.1, 0.15) is 6.92 Å². The fourth-order valence-corrected chi connectivity index (χ4v) is 1.05. The zero-order valence-corrected chi connectivity index (χ0v) is 11.1. The van der Waals surface area contributed by atoms with Gasteiger partial charge in [-0.15, -0.1) is 0 Å². The van der Waals surface area contributed by atoms with E-state index in [0.29, 0.717) is 13.1 Å². The maximum atomic E-state index is 10.5. The van der Waals surface area contributed by atoms with Crippen LogP contribution in [0.25, 0.3) is 0 Å². The summed E-state index contributed by atoms with van der Waals surface area (Å²) in [4.78, 5) is 10.5. The Morgan fingerprint density at radius 3 is 2.11 bits per heavy atom. The summed E-state index contributed by atoms with van der Waals surface area (Å²) in [6.45, 7) is 2.84. The number of rotatable bonds is 4. The van der Waals surface area contributed by atoms with E-state index in [0.717, 1.165) is 11.4 Å². The Balaban J connectivity index is 0.000000555. The van der Waals surface area contributed by atoms with Gasteiger partial charge in [-0.2, -0.15) is 8.42 Å². The molecule has 0 aliphatic rings. The van der Waals surface area contributed by atoms with Gasteiger partial charge in [0.2, 0.25) is 5.91 Å². The first-order valence-electron chi connectivity index (χ1n) is 5.22. The van der Waals surface area contributed by atoms with Crippen LogP contribution >= 0.6 is 0 Å². The first-order valence-corrected chi connectivity index (χ1v) is 6.62. The lowest BCUT2D eigenvalue weighted by Crippen LogP contribution is -2.26. The van der Waals surface area contributed by atoms with E-state index in [9.17, 15) is 4.79 Å². The van der Waals surface area contributed by atoms with E-state index in [-0.39, 0.29) is 5.91 Å². The molecule has 8 nitrogen and oxygen atoms in total. The normalized spacial score (nSPS) is 10.1. The Bertz CT molecular complexity index is 478. The fourth-order valence-electron chi connectivity index (χ4n) is 1.05. The van der Waals surface area contributed by atoms with Gasteiger partial charge in [0.25, 0.3) is 0 Å². The van der Waals surface area contributed by atoms with Crippen molar-refractivity contribution in [2.75, 3.05) is 24.1 Å². The van der Waals surface area contributed by atoms with Gasteiger partial charge in [0.15, 0.2) is 0 Å². The second kappa shape index (κ2) is 8.29. The minimum atomic E-state index is -4.67. The summed E-state index contributed by atoms with van der Waals surface area (Å²) >= 11 is 0. The Morgan fingerprint density at radius 2 is 1.68 bits per heavy atom. The monoisotopic (exact) mass is 291 g/mol. The van der Waals surface area contributed by atoms with Crippen molar-refractivity contribution in [2.24, 2.45) is 0 Å². The molecule has 0 radical (unpaired) electrons. The summed E-state index contributed by atoms with van der Waals surface area (Å²) in [6.07, 6.45) is 0. The topological polar surface area (TPSA) is 142 Å². The van der Waals surface area contributed by atoms with Crippen LogP contribution in [0, 0.1) is 0 Å². The molecule has 1 rings (SSSR count). The number of nitrogens with one attached hydrogen (secondary N) is 2. The van der Waals surface area contributed by atoms with Gasteiger partial charge < -0.3 is 16.4 Å². The van der Waals surface area contributed by atoms with Crippen molar-refractivity contribution in [3.05, 3.63) is 24.3 Å². The van der Waals surface area contributed by atoms with E-state index in [4.69, 9.17) is 23.3 Å². The van der Waals surface area contributed by atoms with Crippen LogP contribution in [-0.2, 0) is 15.2 Å². The number of hydrogen-bond donors (Lipinski definition) is 5. The van der Waals surface area contributed by atoms with Gasteiger partial charge in [-0.25, -0.2) is 0 Å². The summed E-state index contributed by atoms with van der Waals surface area (Å²) in [7, 11) is -4.67. The molecule has 1 aromatic rings. The summed E-state index contributed by atoms with van der Waals surface area (Å²) in [5.74, 6) is -0.0101. The average molecular weight is 291 g/mol. The van der Waals surface area contributed by atoms with Gasteiger partial charge in [-0.3, -0.25) is 13.9 Å². The molecule has 0 aliphatic carbocycles. The molecule has 0 aromatic heterocycles. The lowest BCUT2D eigenvalue weighted by molar-refractivity contribution is -0.118. The van der Waals surface area contributed by atoms with Crippen LogP contribution in [-0.4, -0.2) is 36.5 Å². The second-order valence-corrected chi connectivity index (χ2v) is 4.38. The molecule has 19 heavy (non-hydrogen) atoms. The molecule has 0 fully saturated rings. The predicted molar refractivity (Wildman–Crippen MR) is 72.2 cm³/mol. The predicted octanol–water partition coefficient (Wildman–Crippen LogP) is 0.164. The molecule has 108 valence electrons. The third-order valence-corrected chi connectivity index (χ3v) is 1.74. The number of carbonyl (C=O) groups is 1. The van der Waals surface area contributed by atoms with Gasteiger partial charge in [0, 0.05) is 31.4 Å². The van der Waals surface area contributed by atoms with E-state index in [2.05, 4.69) is 10.6 Å². The Morgan fingerprint density at radius 1 is 1.21 bits per heavy atom. The van der Waals surface area contributed by atoms with E-state index in [1.54, 1.807) is 0 Å². The highest BCUT2D eigenvalue weighted by Gasteiger charge is 1.92. The van der Waals surface area contributed by atoms with Crippen LogP contribution in [0.4, 0.5) is 11.4 Å². The molecule has 0 saturated heterocycles. The van der Waals surface area contributed by atoms with Crippen molar-refractivity contribution in [1.82, 2.24) is 5.32 Å². The van der Waals surface area contributed by atoms with Crippen LogP contribution in [0.5, 0.6) is 0 Å². The van der Waals surface area contributed by atoms with Gasteiger partial charge in [-0.05, 0) is 24.3 Å². The molecule has 0 heterocycles. The second-order valence-electron chi connectivity index (χ2n) is 3.48. The van der Waals surface area contributed by atoms with Crippen LogP contribution in [0.2, 0.25) is 0 Å². The quantitative estimate of drug-likeness (QED) is 0.302. The first kappa shape index (κ1) is 17.2. The number of benzene rings is 1. The van der Waals surface area contributed by atoms with E-state index < -0.39 is 10.4 Å². The number of amides is 1. The van der Waals surface area contributed by atoms with Gasteiger partial charge in [0.1, 0.15) is 0 Å². The molecule has 0 atom stereocenters. The van der Waals surface area contributed by atoms with Crippen molar-refractivity contribution in [3.63, 3.8) is 0 Å². The fraction of sp³-hybridized carbons (Fsp3) is 0.300. The smallest absolute Gasteiger partial charge is 0.394 e. The largest absolute Gasteiger partial charge is 0.399 e. The minimum Gasteiger partial charge on any atom is -0.399 e. The summed E-state index contributed by atoms with van der Waals surface area (Å²) in [5.41, 5.74) is 7.29. The molecule has 0 bridgehead atoms. The lowest BCUT2D eigenvalue weighted by Gasteiger charge is -2.06. The van der Waals surface area contributed by atoms with Crippen LogP contribution < -0.4 is 16.4 Å². The summed E-state index contributed by atoms with van der Waals surface area (Å²) in [6, 6.07) is 7.48. The maximum absolute atomic E-state index is 10.5. The standard InChI is InChI=1S/C10H15N3O.H2O4S/c1-8(14)12-6-7-13-10-4-2-9(11)3-5-10;1-5(2,3)4/h2-5,13H,6-7,11H2,1H3,(H,12,14);(H2,1,2,3,4). The third kappa shape index (κ3) is 14.1. The van der Waals surface area contributed by atoms with Crippen LogP contribution in [0.3, 0.4) is 0 Å². The van der Waals surface area contributed by atoms with E-state index in [1.807, 2.05) is 24.3 Å². The maximum Gasteiger partial charge on any atom is 0.394 e. The zero-order chi connectivity index (χ0) is 14.9. The van der Waals surface area contributed by atoms with Gasteiger partial charge in [0.05, 0.1) is 0 Å². The van der Waals surface area contributed by atoms with Crippen molar-refractivity contribution in [3.8, 4) is 0 Å². The number of nitrogen functional groups attached to an aromatic ring is 1. The van der Waals surface area contributed by atoms with Gasteiger partial charge >= 0.3 is 10.4 Å². The Hall–Kier alpha value is -1.84. The highest BCUT2D eigenvalue weighted by molar-refractivity contribution is 7.79. The van der Waals surface area contributed by atoms with E-state index in [1.165, 1.54) is 6.92 Å². The minimum absolute atomic E-state index is 0.0101. The highest BCUT2D eigenvalue weighted by atomic mass is 32.3. The van der Waals surface area contributed by atoms with Gasteiger partial charge in [-0.1, -0.05) is 0 Å². The molecule has 0 saturated carbocycles. The summed E-state index contributed by atoms with van der Waals surface area (Å²) < 4.78 is 31.6. The molecule has 1 amide bonds. The van der Waals surface area contributed by atoms with Crippen molar-refractivity contribution in [1.29, 1.82) is 0 Å². The molecular formula is C10H17N3O5S. The Labute approximate surface area is 111 Å². The first-order chi connectivity index (χ1) is 8.68. The molecule has 9 heteroatoms. The third-order valence-electron chi connectivity index (χ3n) is 1.74. The summed E-state index contributed by atoms with van der Waals surface area (Å²) in [5, 5.41) is 5.86. The van der Waals surface area contributed by atoms with Crippen molar-refractivity contribution < 1.29 is 22.3 Å². The van der Waals surface area contributed by atoms with E-state index >= 15 is 0 Å². The average Bonchev–Trinajstić information content (AvgIpc) is 2.24. The molecular weight excluding hydrogens is 274 g/mol. The molecule has 0 unspecified atom stereocenters. The number of hydrogen-bond acceptors (Lipinski definition) is 5. The molecule has 6 N–H and O–H groups in total. The van der Waals surface area contributed by atoms with Crippen molar-refractivity contribution >= 4 is 27.7 Å². The zero-order valence-electron chi connectivity index (χ0n) is 10.3. The SMILES string of the molecule is CC(=O)NCCNc1ccc(N)cc1.O=S(=O)(O)O. The molecule has 1 aromatic carbocycles. The van der Waals surface area contributed by atoms with Crippen LogP contribution in [0.15, 0.2) is 24.3 Å². The molecule has 0 aliphatic heterocycles. The highest BCUT2D eigenvalue weighted by Crippen LogP contribution is 2.09.